The molecule has 0 saturated carbocycles. The van der Waals surface area contributed by atoms with Gasteiger partial charge in [-0.1, -0.05) is 91.0 Å². The summed E-state index contributed by atoms with van der Waals surface area (Å²) in [6, 6.07) is 40.0. The number of carbonyl (C=O) groups is 1. The molecule has 6 rings (SSSR count). The summed E-state index contributed by atoms with van der Waals surface area (Å²) in [6.45, 7) is 0.656. The van der Waals surface area contributed by atoms with Crippen LogP contribution in [0.3, 0.4) is 0 Å². The number of phenolic OH excluding ortho intramolecular Hbond substituents is 2. The summed E-state index contributed by atoms with van der Waals surface area (Å²) in [6.07, 6.45) is 3.13. The van der Waals surface area contributed by atoms with Crippen LogP contribution in [-0.4, -0.2) is 42.6 Å². The molecule has 4 N–H and O–H groups in total. The molecule has 6 aromatic rings. The number of anilines is 1. The Labute approximate surface area is 268 Å². The fourth-order valence-electron chi connectivity index (χ4n) is 4.81. The van der Waals surface area contributed by atoms with Gasteiger partial charge in [-0.2, -0.15) is 10.2 Å². The molecular weight excluding hydrogens is 574 g/mol. The first-order chi connectivity index (χ1) is 22.4. The summed E-state index contributed by atoms with van der Waals surface area (Å²) in [5.74, 6) is 0.0484. The van der Waals surface area contributed by atoms with Crippen LogP contribution in [0, 0.1) is 0 Å². The van der Waals surface area contributed by atoms with E-state index in [1.54, 1.807) is 30.5 Å². The van der Waals surface area contributed by atoms with E-state index < -0.39 is 0 Å². The van der Waals surface area contributed by atoms with E-state index >= 15 is 0 Å². The van der Waals surface area contributed by atoms with Gasteiger partial charge in [-0.15, -0.1) is 0 Å². The van der Waals surface area contributed by atoms with Gasteiger partial charge in [-0.25, -0.2) is 5.43 Å². The van der Waals surface area contributed by atoms with E-state index in [1.165, 1.54) is 6.21 Å². The Hall–Kier alpha value is -6.15. The Bertz CT molecular complexity index is 1990. The van der Waals surface area contributed by atoms with Crippen LogP contribution in [0.15, 0.2) is 138 Å². The van der Waals surface area contributed by atoms with Gasteiger partial charge in [0, 0.05) is 36.5 Å². The molecule has 0 aliphatic heterocycles. The van der Waals surface area contributed by atoms with Crippen LogP contribution in [-0.2, 0) is 6.54 Å². The second-order valence-electron chi connectivity index (χ2n) is 10.7. The standard InChI is InChI=1S/C20H19N3O2.C18H16N2O/c1-23(2)16-10-7-15(8-11-16)20(25)22-21-13-18-17-6-4-3-5-14(17)9-12-19(18)24;21-18-11-10-15-8-4-5-9-16(15)17(18)13-20-19-12-14-6-2-1-3-7-14/h3-13,24H,1-2H3,(H,22,25);1-11,13,19,21H,12H2/b21-13+;20-13+. The summed E-state index contributed by atoms with van der Waals surface area (Å²) in [7, 11) is 3.88. The summed E-state index contributed by atoms with van der Waals surface area (Å²) < 4.78 is 0. The summed E-state index contributed by atoms with van der Waals surface area (Å²) >= 11 is 0. The molecule has 0 unspecified atom stereocenters. The van der Waals surface area contributed by atoms with Crippen LogP contribution < -0.4 is 15.8 Å². The molecule has 6 aromatic carbocycles. The monoisotopic (exact) mass is 609 g/mol. The molecule has 0 aromatic heterocycles. The van der Waals surface area contributed by atoms with Gasteiger partial charge in [-0.05, 0) is 63.5 Å². The van der Waals surface area contributed by atoms with Crippen molar-refractivity contribution in [2.75, 3.05) is 19.0 Å². The molecule has 0 aliphatic carbocycles. The zero-order valence-electron chi connectivity index (χ0n) is 25.6. The number of rotatable bonds is 8. The second-order valence-corrected chi connectivity index (χ2v) is 10.7. The van der Waals surface area contributed by atoms with Crippen molar-refractivity contribution in [2.45, 2.75) is 6.54 Å². The first kappa shape index (κ1) is 31.3. The Morgan fingerprint density at radius 3 is 1.74 bits per heavy atom. The molecular formula is C38H35N5O3. The number of hydrogen-bond donors (Lipinski definition) is 4. The highest BCUT2D eigenvalue weighted by Crippen LogP contribution is 2.26. The van der Waals surface area contributed by atoms with Gasteiger partial charge >= 0.3 is 0 Å². The molecule has 0 atom stereocenters. The number of benzene rings is 6. The Morgan fingerprint density at radius 1 is 0.652 bits per heavy atom. The van der Waals surface area contributed by atoms with Gasteiger partial charge in [0.05, 0.1) is 19.0 Å². The minimum Gasteiger partial charge on any atom is -0.507 e. The van der Waals surface area contributed by atoms with Crippen molar-refractivity contribution in [1.82, 2.24) is 10.9 Å². The zero-order chi connectivity index (χ0) is 32.3. The van der Waals surface area contributed by atoms with E-state index in [-0.39, 0.29) is 17.4 Å². The number of fused-ring (bicyclic) bond motifs is 2. The largest absolute Gasteiger partial charge is 0.507 e. The van der Waals surface area contributed by atoms with E-state index in [0.29, 0.717) is 17.7 Å². The van der Waals surface area contributed by atoms with E-state index in [0.717, 1.165) is 38.4 Å². The Kier molecular flexibility index (Phi) is 10.2. The number of amides is 1. The third-order valence-electron chi connectivity index (χ3n) is 7.31. The van der Waals surface area contributed by atoms with Gasteiger partial charge in [0.15, 0.2) is 0 Å². The second kappa shape index (κ2) is 15.0. The molecule has 0 aliphatic rings. The zero-order valence-corrected chi connectivity index (χ0v) is 25.6. The number of nitrogens with one attached hydrogen (secondary N) is 2. The van der Waals surface area contributed by atoms with Crippen molar-refractivity contribution in [3.05, 3.63) is 150 Å². The molecule has 46 heavy (non-hydrogen) atoms. The fraction of sp³-hybridized carbons (Fsp3) is 0.0789. The summed E-state index contributed by atoms with van der Waals surface area (Å²) in [4.78, 5) is 14.1. The summed E-state index contributed by atoms with van der Waals surface area (Å²) in [5.41, 5.74) is 9.49. The highest BCUT2D eigenvalue weighted by atomic mass is 16.3. The topological polar surface area (TPSA) is 110 Å². The summed E-state index contributed by atoms with van der Waals surface area (Å²) in [5, 5.41) is 32.2. The van der Waals surface area contributed by atoms with Gasteiger partial charge in [-0.3, -0.25) is 4.79 Å². The lowest BCUT2D eigenvalue weighted by Crippen LogP contribution is -2.18. The molecule has 0 fully saturated rings. The van der Waals surface area contributed by atoms with Crippen LogP contribution >= 0.6 is 0 Å². The van der Waals surface area contributed by atoms with E-state index in [1.807, 2.05) is 122 Å². The molecule has 0 heterocycles. The van der Waals surface area contributed by atoms with Crippen LogP contribution in [0.2, 0.25) is 0 Å². The lowest BCUT2D eigenvalue weighted by atomic mass is 10.0. The van der Waals surface area contributed by atoms with E-state index in [4.69, 9.17) is 0 Å². The van der Waals surface area contributed by atoms with Crippen molar-refractivity contribution in [3.63, 3.8) is 0 Å². The number of nitrogens with zero attached hydrogens (tertiary/aromatic N) is 3. The SMILES string of the molecule is CN(C)c1ccc(C(=O)N/N=C/c2c(O)ccc3ccccc23)cc1.Oc1ccc2ccccc2c1/C=N/NCc1ccccc1. The average Bonchev–Trinajstić information content (AvgIpc) is 3.09. The molecule has 0 bridgehead atoms. The van der Waals surface area contributed by atoms with Crippen molar-refractivity contribution in [1.29, 1.82) is 0 Å². The minimum absolute atomic E-state index is 0.118. The number of carbonyl (C=O) groups excluding carboxylic acids is 1. The average molecular weight is 610 g/mol. The fourth-order valence-corrected chi connectivity index (χ4v) is 4.81. The minimum atomic E-state index is -0.304. The number of phenols is 2. The Balaban J connectivity index is 0.000000184. The van der Waals surface area contributed by atoms with Gasteiger partial charge in [0.2, 0.25) is 0 Å². The molecule has 8 nitrogen and oxygen atoms in total. The molecule has 230 valence electrons. The maximum absolute atomic E-state index is 12.2. The van der Waals surface area contributed by atoms with Gasteiger partial charge in [0.25, 0.3) is 5.91 Å². The quantitative estimate of drug-likeness (QED) is 0.109. The predicted molar refractivity (Wildman–Crippen MR) is 188 cm³/mol. The maximum Gasteiger partial charge on any atom is 0.271 e. The lowest BCUT2D eigenvalue weighted by Gasteiger charge is -2.12. The maximum atomic E-state index is 12.2. The van der Waals surface area contributed by atoms with Gasteiger partial charge in [0.1, 0.15) is 11.5 Å². The highest BCUT2D eigenvalue weighted by molar-refractivity contribution is 6.03. The van der Waals surface area contributed by atoms with Crippen molar-refractivity contribution >= 4 is 45.6 Å². The smallest absolute Gasteiger partial charge is 0.271 e. The number of aromatic hydroxyl groups is 2. The van der Waals surface area contributed by atoms with Crippen molar-refractivity contribution < 1.29 is 15.0 Å². The Morgan fingerprint density at radius 2 is 1.17 bits per heavy atom. The predicted octanol–water partition coefficient (Wildman–Crippen LogP) is 7.04. The third kappa shape index (κ3) is 7.86. The highest BCUT2D eigenvalue weighted by Gasteiger charge is 2.07. The van der Waals surface area contributed by atoms with E-state index in [2.05, 4.69) is 21.1 Å². The normalized spacial score (nSPS) is 11.0. The lowest BCUT2D eigenvalue weighted by molar-refractivity contribution is 0.0955. The third-order valence-corrected chi connectivity index (χ3v) is 7.31. The van der Waals surface area contributed by atoms with Crippen LogP contribution in [0.1, 0.15) is 27.0 Å². The van der Waals surface area contributed by atoms with Gasteiger partial charge < -0.3 is 20.5 Å². The molecule has 0 saturated heterocycles. The van der Waals surface area contributed by atoms with E-state index in [9.17, 15) is 15.0 Å². The first-order valence-electron chi connectivity index (χ1n) is 14.7. The number of hydrazone groups is 2. The molecule has 1 amide bonds. The molecule has 0 spiro atoms. The van der Waals surface area contributed by atoms with Crippen LogP contribution in [0.4, 0.5) is 5.69 Å². The number of hydrogen-bond acceptors (Lipinski definition) is 7. The van der Waals surface area contributed by atoms with Crippen LogP contribution in [0.25, 0.3) is 21.5 Å². The first-order valence-corrected chi connectivity index (χ1v) is 14.7. The van der Waals surface area contributed by atoms with Crippen molar-refractivity contribution in [3.8, 4) is 11.5 Å². The molecule has 0 radical (unpaired) electrons. The molecule has 8 heteroatoms. The van der Waals surface area contributed by atoms with Crippen molar-refractivity contribution in [2.24, 2.45) is 10.2 Å². The van der Waals surface area contributed by atoms with Crippen LogP contribution in [0.5, 0.6) is 11.5 Å².